The van der Waals surface area contributed by atoms with Gasteiger partial charge in [0, 0.05) is 94.7 Å². The summed E-state index contributed by atoms with van der Waals surface area (Å²) in [5, 5.41) is 21.6. The first-order valence-corrected chi connectivity index (χ1v) is 29.7. The Morgan fingerprint density at radius 1 is 0.392 bits per heavy atom. The maximum Gasteiger partial charge on any atom is 0.325 e. The fraction of sp³-hybridized carbons (Fsp3) is 0.862. The highest BCUT2D eigenvalue weighted by Crippen LogP contribution is 2.38. The van der Waals surface area contributed by atoms with Crippen LogP contribution in [-0.2, 0) is 23.8 Å². The minimum absolute atomic E-state index is 0.0197. The molecule has 2 aromatic rings. The van der Waals surface area contributed by atoms with Gasteiger partial charge in [0.2, 0.25) is 35.7 Å². The van der Waals surface area contributed by atoms with Crippen molar-refractivity contribution < 1.29 is 23.8 Å². The van der Waals surface area contributed by atoms with E-state index in [0.29, 0.717) is 61.9 Å². The zero-order valence-corrected chi connectivity index (χ0v) is 52.6. The van der Waals surface area contributed by atoms with E-state index in [2.05, 4.69) is 190 Å². The largest absolute Gasteiger partial charge is 0.462 e. The summed E-state index contributed by atoms with van der Waals surface area (Å²) >= 11 is 0. The summed E-state index contributed by atoms with van der Waals surface area (Å²) in [4.78, 5) is 65.8. The molecule has 4 saturated heterocycles. The molecule has 0 saturated carbocycles. The van der Waals surface area contributed by atoms with Gasteiger partial charge in [0.1, 0.15) is 26.3 Å². The van der Waals surface area contributed by atoms with Crippen LogP contribution >= 0.6 is 0 Å². The van der Waals surface area contributed by atoms with Crippen molar-refractivity contribution in [1.29, 1.82) is 0 Å². The summed E-state index contributed by atoms with van der Waals surface area (Å²) in [5.74, 6) is 2.04. The van der Waals surface area contributed by atoms with Crippen LogP contribution < -0.4 is 51.5 Å². The summed E-state index contributed by atoms with van der Waals surface area (Å²) < 4.78 is 16.9. The fourth-order valence-corrected chi connectivity index (χ4v) is 14.5. The van der Waals surface area contributed by atoms with Gasteiger partial charge in [0.15, 0.2) is 0 Å². The zero-order chi connectivity index (χ0) is 58.6. The second kappa shape index (κ2) is 25.0. The minimum atomic E-state index is -0.478. The lowest BCUT2D eigenvalue weighted by Crippen LogP contribution is -2.62. The van der Waals surface area contributed by atoms with Crippen molar-refractivity contribution >= 4 is 47.6 Å². The standard InChI is InChI=1S/C58H106N16O5/c1-21-71(39-29-51(5,6)67-52(7,8)30-39)47-61-45(62-48(65-47)72(22-2)40-31-53(9,10)68-54(11,12)32-40)59-37-43(75)78-27-25-77-26-28-79-44(76)38-60-46-63-49(73(23-3)41-33-55(13,14)69-56(15,16)34-41)66-50(64-46)74(24-4)42-35-57(17,18)70-58(19,20)36-42/h39-42,67-70H,21-38H2,1-20H3,(H,59,61,62,65)(H,60,63,64,66). The number of hydrogen-bond acceptors (Lipinski definition) is 21. The molecule has 2 aromatic heterocycles. The number of nitrogens with zero attached hydrogens (tertiary/aromatic N) is 10. The number of piperidine rings is 4. The van der Waals surface area contributed by atoms with Crippen molar-refractivity contribution in [1.82, 2.24) is 51.2 Å². The Morgan fingerprint density at radius 3 is 0.810 bits per heavy atom. The Labute approximate surface area is 475 Å². The number of anilines is 6. The number of carbonyl (C=O) groups is 2. The van der Waals surface area contributed by atoms with E-state index in [1.54, 1.807) is 0 Å². The van der Waals surface area contributed by atoms with Gasteiger partial charge in [0.25, 0.3) is 0 Å². The smallest absolute Gasteiger partial charge is 0.325 e. The molecule has 6 rings (SSSR count). The molecule has 4 aliphatic heterocycles. The Morgan fingerprint density at radius 2 is 0.608 bits per heavy atom. The number of ether oxygens (including phenoxy) is 3. The van der Waals surface area contributed by atoms with Gasteiger partial charge in [-0.1, -0.05) is 0 Å². The van der Waals surface area contributed by atoms with Crippen LogP contribution in [0.15, 0.2) is 0 Å². The highest BCUT2D eigenvalue weighted by atomic mass is 16.6. The summed E-state index contributed by atoms with van der Waals surface area (Å²) in [6, 6.07) is 0.743. The number of rotatable bonds is 24. The van der Waals surface area contributed by atoms with Crippen LogP contribution in [0.25, 0.3) is 0 Å². The molecule has 4 aliphatic rings. The van der Waals surface area contributed by atoms with Crippen LogP contribution in [-0.4, -0.2) is 176 Å². The minimum Gasteiger partial charge on any atom is -0.462 e. The zero-order valence-electron chi connectivity index (χ0n) is 52.6. The van der Waals surface area contributed by atoms with Gasteiger partial charge in [-0.25, -0.2) is 0 Å². The van der Waals surface area contributed by atoms with Crippen molar-refractivity contribution in [3.8, 4) is 0 Å². The Balaban J connectivity index is 1.05. The molecule has 0 bridgehead atoms. The monoisotopic (exact) mass is 1110 g/mol. The Kier molecular flexibility index (Phi) is 20.1. The normalized spacial score (nSPS) is 22.3. The van der Waals surface area contributed by atoms with Crippen LogP contribution in [0.5, 0.6) is 0 Å². The van der Waals surface area contributed by atoms with E-state index >= 15 is 0 Å². The molecular formula is C58H106N16O5. The molecule has 0 radical (unpaired) electrons. The summed E-state index contributed by atoms with van der Waals surface area (Å²) in [6.45, 7) is 47.5. The first-order valence-electron chi connectivity index (χ1n) is 29.7. The van der Waals surface area contributed by atoms with Gasteiger partial charge in [-0.3, -0.25) is 9.59 Å². The highest BCUT2D eigenvalue weighted by molar-refractivity contribution is 5.75. The van der Waals surface area contributed by atoms with Crippen LogP contribution in [0.1, 0.15) is 190 Å². The van der Waals surface area contributed by atoms with Gasteiger partial charge < -0.3 is 65.7 Å². The predicted molar refractivity (Wildman–Crippen MR) is 319 cm³/mol. The van der Waals surface area contributed by atoms with Crippen molar-refractivity contribution in [3.05, 3.63) is 0 Å². The van der Waals surface area contributed by atoms with Gasteiger partial charge in [-0.15, -0.1) is 0 Å². The quantitative estimate of drug-likeness (QED) is 0.0451. The highest BCUT2D eigenvalue weighted by Gasteiger charge is 2.45. The molecule has 0 aliphatic carbocycles. The lowest BCUT2D eigenvalue weighted by atomic mass is 9.79. The SMILES string of the molecule is CCN(c1nc(NCC(=O)OCCOCCOC(=O)CNc2nc(N(CC)C3CC(C)(C)NC(C)(C)C3)nc(N(CC)C3CC(C)(C)NC(C)(C)C3)n2)nc(N(CC)C2CC(C)(C)NC(C)(C)C2)n1)C1CC(C)(C)NC(C)(C)C1. The van der Waals surface area contributed by atoms with Gasteiger partial charge in [-0.05, 0) is 190 Å². The third kappa shape index (κ3) is 18.3. The molecule has 21 heteroatoms. The van der Waals surface area contributed by atoms with Crippen molar-refractivity contribution in [2.45, 2.75) is 258 Å². The van der Waals surface area contributed by atoms with E-state index in [0.717, 1.165) is 51.4 Å². The van der Waals surface area contributed by atoms with E-state index in [1.165, 1.54) is 0 Å². The number of aromatic nitrogens is 6. The van der Waals surface area contributed by atoms with E-state index in [1.807, 2.05) is 0 Å². The van der Waals surface area contributed by atoms with Crippen molar-refractivity contribution in [3.63, 3.8) is 0 Å². The first kappa shape index (κ1) is 63.7. The number of carbonyl (C=O) groups excluding carboxylic acids is 2. The van der Waals surface area contributed by atoms with E-state index in [4.69, 9.17) is 44.1 Å². The lowest BCUT2D eigenvalue weighted by molar-refractivity contribution is -0.144. The van der Waals surface area contributed by atoms with E-state index < -0.39 is 11.9 Å². The first-order chi connectivity index (χ1) is 36.6. The molecule has 6 heterocycles. The predicted octanol–water partition coefficient (Wildman–Crippen LogP) is 7.23. The molecule has 0 unspecified atom stereocenters. The van der Waals surface area contributed by atoms with Gasteiger partial charge in [-0.2, -0.15) is 29.9 Å². The number of esters is 2. The summed E-state index contributed by atoms with van der Waals surface area (Å²) in [5.41, 5.74) is -0.655. The maximum atomic E-state index is 13.2. The van der Waals surface area contributed by atoms with Crippen molar-refractivity contribution in [2.75, 3.05) is 95.9 Å². The van der Waals surface area contributed by atoms with Gasteiger partial charge >= 0.3 is 11.9 Å². The molecule has 6 N–H and O–H groups in total. The van der Waals surface area contributed by atoms with Crippen LogP contribution in [0.2, 0.25) is 0 Å². The second-order valence-corrected chi connectivity index (χ2v) is 28.2. The molecule has 4 fully saturated rings. The fourth-order valence-electron chi connectivity index (χ4n) is 14.5. The van der Waals surface area contributed by atoms with Crippen LogP contribution in [0, 0.1) is 0 Å². The third-order valence-corrected chi connectivity index (χ3v) is 15.8. The molecule has 0 atom stereocenters. The summed E-state index contributed by atoms with van der Waals surface area (Å²) in [7, 11) is 0. The Bertz CT molecular complexity index is 2010. The average Bonchev–Trinajstić information content (AvgIpc) is 3.27. The number of hydrogen-bond donors (Lipinski definition) is 6. The second-order valence-electron chi connectivity index (χ2n) is 28.2. The van der Waals surface area contributed by atoms with Crippen LogP contribution in [0.4, 0.5) is 35.7 Å². The van der Waals surface area contributed by atoms with Gasteiger partial charge in [0.05, 0.1) is 13.2 Å². The molecule has 0 spiro atoms. The lowest BCUT2D eigenvalue weighted by Gasteiger charge is -2.50. The Hall–Kier alpha value is -4.44. The molecule has 21 nitrogen and oxygen atoms in total. The number of nitrogens with one attached hydrogen (secondary N) is 6. The van der Waals surface area contributed by atoms with Crippen LogP contribution in [0.3, 0.4) is 0 Å². The maximum absolute atomic E-state index is 13.2. The van der Waals surface area contributed by atoms with E-state index in [9.17, 15) is 9.59 Å². The molecule has 0 aromatic carbocycles. The topological polar surface area (TPSA) is 224 Å². The third-order valence-electron chi connectivity index (χ3n) is 15.8. The average molecular weight is 1110 g/mol. The van der Waals surface area contributed by atoms with E-state index in [-0.39, 0.29) is 108 Å². The molecule has 79 heavy (non-hydrogen) atoms. The summed E-state index contributed by atoms with van der Waals surface area (Å²) in [6.07, 6.45) is 7.36. The molecule has 448 valence electrons. The van der Waals surface area contributed by atoms with Crippen molar-refractivity contribution in [2.24, 2.45) is 0 Å². The molecular weight excluding hydrogens is 1000 g/mol. The molecule has 0 amide bonds.